The molecule has 7 rings (SSSR count). The van der Waals surface area contributed by atoms with Crippen LogP contribution in [0.4, 0.5) is 11.4 Å². The van der Waals surface area contributed by atoms with Gasteiger partial charge in [0.2, 0.25) is 11.8 Å². The van der Waals surface area contributed by atoms with Crippen molar-refractivity contribution in [3.8, 4) is 5.75 Å². The molecule has 3 aliphatic heterocycles. The van der Waals surface area contributed by atoms with Crippen molar-refractivity contribution in [2.75, 3.05) is 16.9 Å². The summed E-state index contributed by atoms with van der Waals surface area (Å²) in [5.41, 5.74) is 2.86. The number of rotatable bonds is 4. The number of hydrogen-bond donors (Lipinski definition) is 0. The third kappa shape index (κ3) is 3.10. The number of imide groups is 1. The average molecular weight is 501 g/mol. The normalized spacial score (nSPS) is 23.4. The first-order valence-corrected chi connectivity index (χ1v) is 12.7. The summed E-state index contributed by atoms with van der Waals surface area (Å²) >= 11 is 0. The number of Topliss-reactive ketones (excluding diaryl/α,β-unsaturated/α-hetero) is 1. The van der Waals surface area contributed by atoms with Gasteiger partial charge in [-0.3, -0.25) is 14.4 Å². The fraction of sp³-hybridized carbons (Fsp3) is 0.156. The monoisotopic (exact) mass is 500 g/mol. The quantitative estimate of drug-likeness (QED) is 0.287. The molecule has 3 heterocycles. The van der Waals surface area contributed by atoms with Gasteiger partial charge in [-0.1, -0.05) is 66.7 Å². The summed E-state index contributed by atoms with van der Waals surface area (Å²) in [4.78, 5) is 45.8. The van der Waals surface area contributed by atoms with Gasteiger partial charge in [-0.15, -0.1) is 0 Å². The van der Waals surface area contributed by atoms with Crippen LogP contribution in [0.5, 0.6) is 5.75 Å². The van der Waals surface area contributed by atoms with Crippen LogP contribution in [0, 0.1) is 11.8 Å². The second kappa shape index (κ2) is 8.42. The van der Waals surface area contributed by atoms with E-state index in [1.807, 2.05) is 83.8 Å². The topological polar surface area (TPSA) is 66.9 Å². The molecule has 0 aromatic heterocycles. The number of para-hydroxylation sites is 1. The number of fused-ring (bicyclic) bond motifs is 6. The van der Waals surface area contributed by atoms with Gasteiger partial charge < -0.3 is 9.64 Å². The Hall–Kier alpha value is -4.71. The Kier molecular flexibility index (Phi) is 4.98. The Labute approximate surface area is 219 Å². The van der Waals surface area contributed by atoms with E-state index in [9.17, 15) is 14.4 Å². The SMILES string of the molecule is COc1ccc(C(=O)[C@@H]2[C@@H]3C(=O)N(c4cccc5ccccc45)C(=O)[C@H]3[C@H]3C=Cc4ccccc4N32)cc1. The van der Waals surface area contributed by atoms with Gasteiger partial charge in [0.15, 0.2) is 5.78 Å². The molecular weight excluding hydrogens is 476 g/mol. The Balaban J connectivity index is 1.38. The lowest BCUT2D eigenvalue weighted by atomic mass is 9.86. The van der Waals surface area contributed by atoms with Crippen molar-refractivity contribution in [2.45, 2.75) is 12.1 Å². The summed E-state index contributed by atoms with van der Waals surface area (Å²) in [7, 11) is 1.57. The molecule has 2 saturated heterocycles. The van der Waals surface area contributed by atoms with E-state index in [4.69, 9.17) is 4.74 Å². The number of methoxy groups -OCH3 is 1. The fourth-order valence-corrected chi connectivity index (χ4v) is 6.38. The van der Waals surface area contributed by atoms with Crippen molar-refractivity contribution in [1.29, 1.82) is 0 Å². The van der Waals surface area contributed by atoms with Gasteiger partial charge >= 0.3 is 0 Å². The van der Waals surface area contributed by atoms with Gasteiger partial charge in [0.1, 0.15) is 11.8 Å². The van der Waals surface area contributed by atoms with Gasteiger partial charge in [-0.25, -0.2) is 4.90 Å². The molecule has 0 spiro atoms. The van der Waals surface area contributed by atoms with E-state index in [2.05, 4.69) is 0 Å². The zero-order valence-electron chi connectivity index (χ0n) is 20.7. The van der Waals surface area contributed by atoms with Gasteiger partial charge in [-0.2, -0.15) is 0 Å². The molecule has 186 valence electrons. The number of amides is 2. The maximum absolute atomic E-state index is 14.2. The minimum atomic E-state index is -0.819. The number of ketones is 1. The maximum Gasteiger partial charge on any atom is 0.240 e. The molecule has 2 fully saturated rings. The summed E-state index contributed by atoms with van der Waals surface area (Å²) in [5.74, 6) is -1.61. The van der Waals surface area contributed by atoms with E-state index >= 15 is 0 Å². The van der Waals surface area contributed by atoms with Crippen molar-refractivity contribution in [2.24, 2.45) is 11.8 Å². The van der Waals surface area contributed by atoms with Gasteiger partial charge in [0, 0.05) is 16.6 Å². The van der Waals surface area contributed by atoms with Crippen LogP contribution in [0.2, 0.25) is 0 Å². The van der Waals surface area contributed by atoms with Gasteiger partial charge in [0.05, 0.1) is 30.7 Å². The van der Waals surface area contributed by atoms with Crippen LogP contribution in [-0.4, -0.2) is 36.8 Å². The Bertz CT molecular complexity index is 1650. The van der Waals surface area contributed by atoms with Gasteiger partial charge in [-0.05, 0) is 47.3 Å². The van der Waals surface area contributed by atoms with Crippen LogP contribution >= 0.6 is 0 Å². The van der Waals surface area contributed by atoms with E-state index in [-0.39, 0.29) is 17.6 Å². The number of nitrogens with zero attached hydrogens (tertiary/aromatic N) is 2. The van der Waals surface area contributed by atoms with Crippen molar-refractivity contribution < 1.29 is 19.1 Å². The molecule has 6 heteroatoms. The van der Waals surface area contributed by atoms with Crippen LogP contribution in [-0.2, 0) is 9.59 Å². The standard InChI is InChI=1S/C32H24N2O4/c1-38-22-16-13-21(14-17-22)30(35)29-28-27(26-18-15-20-8-3-5-11-24(20)33(26)29)31(36)34(32(28)37)25-12-6-9-19-7-2-4-10-23(19)25/h2-18,26-29H,1H3/t26-,27+,28-,29+/m1/s1. The highest BCUT2D eigenvalue weighted by Crippen LogP contribution is 2.50. The summed E-state index contributed by atoms with van der Waals surface area (Å²) in [6.45, 7) is 0. The molecule has 38 heavy (non-hydrogen) atoms. The molecule has 4 aromatic rings. The number of ether oxygens (including phenoxy) is 1. The lowest BCUT2D eigenvalue weighted by Gasteiger charge is -2.36. The molecule has 0 bridgehead atoms. The zero-order chi connectivity index (χ0) is 26.0. The number of benzene rings is 4. The number of hydrogen-bond acceptors (Lipinski definition) is 5. The van der Waals surface area contributed by atoms with Crippen molar-refractivity contribution >= 4 is 45.8 Å². The Morgan fingerprint density at radius 1 is 0.763 bits per heavy atom. The van der Waals surface area contributed by atoms with Crippen LogP contribution in [0.15, 0.2) is 97.1 Å². The first-order valence-electron chi connectivity index (χ1n) is 12.7. The smallest absolute Gasteiger partial charge is 0.240 e. The van der Waals surface area contributed by atoms with Crippen LogP contribution in [0.25, 0.3) is 16.8 Å². The largest absolute Gasteiger partial charge is 0.497 e. The van der Waals surface area contributed by atoms with Gasteiger partial charge in [0.25, 0.3) is 0 Å². The van der Waals surface area contributed by atoms with Crippen molar-refractivity contribution in [3.63, 3.8) is 0 Å². The summed E-state index contributed by atoms with van der Waals surface area (Å²) in [6, 6.07) is 26.8. The zero-order valence-corrected chi connectivity index (χ0v) is 20.7. The predicted octanol–water partition coefficient (Wildman–Crippen LogP) is 5.12. The summed E-state index contributed by atoms with van der Waals surface area (Å²) < 4.78 is 5.27. The summed E-state index contributed by atoms with van der Waals surface area (Å²) in [6.07, 6.45) is 3.96. The number of carbonyl (C=O) groups excluding carboxylic acids is 3. The van der Waals surface area contributed by atoms with Crippen LogP contribution < -0.4 is 14.5 Å². The minimum absolute atomic E-state index is 0.184. The van der Waals surface area contributed by atoms with Crippen molar-refractivity contribution in [3.05, 3.63) is 108 Å². The first-order chi connectivity index (χ1) is 18.6. The molecular formula is C32H24N2O4. The second-order valence-corrected chi connectivity index (χ2v) is 9.92. The van der Waals surface area contributed by atoms with E-state index in [0.29, 0.717) is 17.0 Å². The highest BCUT2D eigenvalue weighted by Gasteiger charge is 2.64. The number of carbonyl (C=O) groups is 3. The van der Waals surface area contributed by atoms with Crippen LogP contribution in [0.3, 0.4) is 0 Å². The average Bonchev–Trinajstić information content (AvgIpc) is 3.44. The Morgan fingerprint density at radius 3 is 2.26 bits per heavy atom. The minimum Gasteiger partial charge on any atom is -0.497 e. The van der Waals surface area contributed by atoms with Crippen LogP contribution in [0.1, 0.15) is 15.9 Å². The van der Waals surface area contributed by atoms with E-state index < -0.39 is 23.9 Å². The molecule has 2 amide bonds. The molecule has 0 radical (unpaired) electrons. The second-order valence-electron chi connectivity index (χ2n) is 9.92. The number of anilines is 2. The lowest BCUT2D eigenvalue weighted by Crippen LogP contribution is -2.48. The third-order valence-electron chi connectivity index (χ3n) is 8.07. The lowest BCUT2D eigenvalue weighted by molar-refractivity contribution is -0.122. The molecule has 4 atom stereocenters. The molecule has 6 nitrogen and oxygen atoms in total. The highest BCUT2D eigenvalue weighted by molar-refractivity contribution is 6.27. The van der Waals surface area contributed by atoms with E-state index in [1.54, 1.807) is 31.4 Å². The molecule has 0 unspecified atom stereocenters. The summed E-state index contributed by atoms with van der Waals surface area (Å²) in [5, 5.41) is 1.78. The van der Waals surface area contributed by atoms with E-state index in [1.165, 1.54) is 4.90 Å². The Morgan fingerprint density at radius 2 is 1.45 bits per heavy atom. The fourth-order valence-electron chi connectivity index (χ4n) is 6.38. The molecule has 3 aliphatic rings. The van der Waals surface area contributed by atoms with E-state index in [0.717, 1.165) is 22.0 Å². The predicted molar refractivity (Wildman–Crippen MR) is 146 cm³/mol. The maximum atomic E-state index is 14.2. The third-order valence-corrected chi connectivity index (χ3v) is 8.07. The molecule has 4 aromatic carbocycles. The molecule has 0 N–H and O–H groups in total. The molecule has 0 aliphatic carbocycles. The van der Waals surface area contributed by atoms with Crippen molar-refractivity contribution in [1.82, 2.24) is 0 Å². The highest BCUT2D eigenvalue weighted by atomic mass is 16.5. The first kappa shape index (κ1) is 22.5. The molecule has 0 saturated carbocycles.